The minimum absolute atomic E-state index is 0.706. The fourth-order valence-electron chi connectivity index (χ4n) is 1.46. The molecule has 2 aromatic rings. The molecule has 0 N–H and O–H groups in total. The van der Waals surface area contributed by atoms with Crippen LogP contribution in [0.4, 0.5) is 0 Å². The molecule has 2 rings (SSSR count). The number of nitrogens with zero attached hydrogens (tertiary/aromatic N) is 1. The first-order chi connectivity index (χ1) is 8.29. The molecule has 4 heteroatoms. The Balaban J connectivity index is 2.03. The van der Waals surface area contributed by atoms with Crippen molar-refractivity contribution in [2.24, 2.45) is 0 Å². The summed E-state index contributed by atoms with van der Waals surface area (Å²) < 4.78 is 6.72. The lowest BCUT2D eigenvalue weighted by Gasteiger charge is -2.08. The average molecular weight is 265 g/mol. The number of rotatable bonds is 5. The molecule has 1 aromatic carbocycles. The van der Waals surface area contributed by atoms with Gasteiger partial charge in [-0.2, -0.15) is 0 Å². The second-order valence-corrected chi connectivity index (χ2v) is 5.66. The van der Waals surface area contributed by atoms with Crippen molar-refractivity contribution in [3.8, 4) is 5.75 Å². The molecule has 2 nitrogen and oxygen atoms in total. The normalized spacial score (nSPS) is 10.5. The molecule has 0 atom stereocenters. The van der Waals surface area contributed by atoms with E-state index in [1.165, 1.54) is 5.56 Å². The Morgan fingerprint density at radius 2 is 2.18 bits per heavy atom. The number of ether oxygens (including phenoxy) is 1. The first kappa shape index (κ1) is 12.5. The summed E-state index contributed by atoms with van der Waals surface area (Å²) in [5.74, 6) is 1.89. The summed E-state index contributed by atoms with van der Waals surface area (Å²) >= 11 is 3.46. The van der Waals surface area contributed by atoms with Gasteiger partial charge in [0.25, 0.3) is 0 Å². The third-order valence-corrected chi connectivity index (χ3v) is 4.41. The van der Waals surface area contributed by atoms with Crippen LogP contribution in [-0.4, -0.2) is 11.6 Å². The highest BCUT2D eigenvalue weighted by atomic mass is 32.2. The molecule has 0 unspecified atom stereocenters. The van der Waals surface area contributed by atoms with E-state index in [-0.39, 0.29) is 0 Å². The summed E-state index contributed by atoms with van der Waals surface area (Å²) in [6, 6.07) is 8.18. The maximum atomic E-state index is 5.60. The number of hydrogen-bond donors (Lipinski definition) is 0. The van der Waals surface area contributed by atoms with Gasteiger partial charge in [-0.3, -0.25) is 0 Å². The van der Waals surface area contributed by atoms with Crippen LogP contribution in [-0.2, 0) is 5.75 Å². The topological polar surface area (TPSA) is 22.1 Å². The Hall–Kier alpha value is -1.00. The minimum atomic E-state index is 0.706. The number of aryl methyl sites for hydroxylation is 1. The van der Waals surface area contributed by atoms with Gasteiger partial charge in [0.2, 0.25) is 0 Å². The van der Waals surface area contributed by atoms with Gasteiger partial charge < -0.3 is 4.74 Å². The zero-order valence-corrected chi connectivity index (χ0v) is 11.6. The molecule has 0 aliphatic heterocycles. The zero-order valence-electron chi connectivity index (χ0n) is 9.97. The Labute approximate surface area is 110 Å². The number of thioether (sulfide) groups is 1. The summed E-state index contributed by atoms with van der Waals surface area (Å²) in [6.45, 7) is 4.74. The van der Waals surface area contributed by atoms with Crippen LogP contribution in [0.2, 0.25) is 0 Å². The number of thiazole rings is 1. The molecule has 1 aromatic heterocycles. The molecule has 0 fully saturated rings. The van der Waals surface area contributed by atoms with Gasteiger partial charge in [-0.1, -0.05) is 30.0 Å². The Morgan fingerprint density at radius 1 is 1.35 bits per heavy atom. The number of aromatic nitrogens is 1. The predicted molar refractivity (Wildman–Crippen MR) is 74.0 cm³/mol. The van der Waals surface area contributed by atoms with Crippen LogP contribution in [0, 0.1) is 6.92 Å². The van der Waals surface area contributed by atoms with E-state index in [9.17, 15) is 0 Å². The summed E-state index contributed by atoms with van der Waals surface area (Å²) in [7, 11) is 0. The van der Waals surface area contributed by atoms with Crippen LogP contribution < -0.4 is 4.74 Å². The molecule has 0 saturated carbocycles. The monoisotopic (exact) mass is 265 g/mol. The second kappa shape index (κ2) is 6.07. The lowest BCUT2D eigenvalue weighted by atomic mass is 10.2. The van der Waals surface area contributed by atoms with Crippen molar-refractivity contribution < 1.29 is 4.74 Å². The highest BCUT2D eigenvalue weighted by Gasteiger charge is 2.05. The quantitative estimate of drug-likeness (QED) is 0.758. The summed E-state index contributed by atoms with van der Waals surface area (Å²) in [4.78, 5) is 4.44. The molecule has 0 aliphatic rings. The molecular weight excluding hydrogens is 250 g/mol. The Kier molecular flexibility index (Phi) is 4.45. The maximum Gasteiger partial charge on any atom is 0.150 e. The van der Waals surface area contributed by atoms with Crippen LogP contribution in [0.3, 0.4) is 0 Å². The van der Waals surface area contributed by atoms with Crippen molar-refractivity contribution in [2.75, 3.05) is 6.61 Å². The number of hydrogen-bond acceptors (Lipinski definition) is 4. The molecule has 0 aliphatic carbocycles. The molecular formula is C13H15NOS2. The van der Waals surface area contributed by atoms with E-state index in [1.54, 1.807) is 23.1 Å². The lowest BCUT2D eigenvalue weighted by Crippen LogP contribution is -1.95. The summed E-state index contributed by atoms with van der Waals surface area (Å²) in [5.41, 5.74) is 2.32. The molecule has 0 spiro atoms. The van der Waals surface area contributed by atoms with E-state index < -0.39 is 0 Å². The summed E-state index contributed by atoms with van der Waals surface area (Å²) in [5, 5.41) is 2.08. The number of benzene rings is 1. The maximum absolute atomic E-state index is 5.60. The first-order valence-corrected chi connectivity index (χ1v) is 7.41. The molecule has 1 heterocycles. The first-order valence-electron chi connectivity index (χ1n) is 5.55. The van der Waals surface area contributed by atoms with Crippen molar-refractivity contribution in [1.82, 2.24) is 4.98 Å². The third kappa shape index (κ3) is 3.48. The minimum Gasteiger partial charge on any atom is -0.494 e. The standard InChI is InChI=1S/C13H15NOS2/c1-3-15-12-7-5-4-6-11(12)9-17-13-14-10(2)8-16-13/h4-8H,3,9H2,1-2H3. The van der Waals surface area contributed by atoms with Crippen molar-refractivity contribution in [3.05, 3.63) is 40.9 Å². The molecule has 0 amide bonds. The van der Waals surface area contributed by atoms with Gasteiger partial charge >= 0.3 is 0 Å². The summed E-state index contributed by atoms with van der Waals surface area (Å²) in [6.07, 6.45) is 0. The van der Waals surface area contributed by atoms with Gasteiger partial charge in [0.15, 0.2) is 0 Å². The van der Waals surface area contributed by atoms with E-state index in [4.69, 9.17) is 4.74 Å². The van der Waals surface area contributed by atoms with Crippen LogP contribution in [0.5, 0.6) is 5.75 Å². The fraction of sp³-hybridized carbons (Fsp3) is 0.308. The van der Waals surface area contributed by atoms with E-state index in [2.05, 4.69) is 16.4 Å². The zero-order chi connectivity index (χ0) is 12.1. The van der Waals surface area contributed by atoms with E-state index in [0.717, 1.165) is 21.5 Å². The average Bonchev–Trinajstić information content (AvgIpc) is 2.74. The van der Waals surface area contributed by atoms with Gasteiger partial charge in [0.05, 0.1) is 6.61 Å². The van der Waals surface area contributed by atoms with E-state index >= 15 is 0 Å². The highest BCUT2D eigenvalue weighted by Crippen LogP contribution is 2.29. The van der Waals surface area contributed by atoms with Gasteiger partial charge in [0, 0.05) is 22.4 Å². The number of para-hydroxylation sites is 1. The van der Waals surface area contributed by atoms with Crippen molar-refractivity contribution in [2.45, 2.75) is 23.9 Å². The SMILES string of the molecule is CCOc1ccccc1CSc1nc(C)cs1. The van der Waals surface area contributed by atoms with Gasteiger partial charge in [0.1, 0.15) is 10.1 Å². The largest absolute Gasteiger partial charge is 0.494 e. The smallest absolute Gasteiger partial charge is 0.150 e. The predicted octanol–water partition coefficient (Wildman–Crippen LogP) is 4.14. The lowest BCUT2D eigenvalue weighted by molar-refractivity contribution is 0.337. The van der Waals surface area contributed by atoms with Crippen molar-refractivity contribution in [1.29, 1.82) is 0 Å². The molecule has 0 bridgehead atoms. The van der Waals surface area contributed by atoms with Gasteiger partial charge in [-0.25, -0.2) is 4.98 Å². The molecule has 0 saturated heterocycles. The van der Waals surface area contributed by atoms with Crippen LogP contribution in [0.15, 0.2) is 34.0 Å². The molecule has 90 valence electrons. The van der Waals surface area contributed by atoms with E-state index in [1.807, 2.05) is 32.0 Å². The van der Waals surface area contributed by atoms with Crippen LogP contribution in [0.25, 0.3) is 0 Å². The van der Waals surface area contributed by atoms with Gasteiger partial charge in [-0.05, 0) is 19.9 Å². The Bertz CT molecular complexity index is 482. The fourth-order valence-corrected chi connectivity index (χ4v) is 3.30. The van der Waals surface area contributed by atoms with Crippen molar-refractivity contribution in [3.63, 3.8) is 0 Å². The molecule has 0 radical (unpaired) electrons. The third-order valence-electron chi connectivity index (χ3n) is 2.22. The van der Waals surface area contributed by atoms with E-state index in [0.29, 0.717) is 6.61 Å². The van der Waals surface area contributed by atoms with Crippen LogP contribution >= 0.6 is 23.1 Å². The van der Waals surface area contributed by atoms with Crippen LogP contribution in [0.1, 0.15) is 18.2 Å². The Morgan fingerprint density at radius 3 is 2.88 bits per heavy atom. The van der Waals surface area contributed by atoms with Gasteiger partial charge in [-0.15, -0.1) is 11.3 Å². The second-order valence-electron chi connectivity index (χ2n) is 3.58. The van der Waals surface area contributed by atoms with Crippen molar-refractivity contribution >= 4 is 23.1 Å². The molecule has 17 heavy (non-hydrogen) atoms. The highest BCUT2D eigenvalue weighted by molar-refractivity contribution is 8.00.